The van der Waals surface area contributed by atoms with E-state index in [0.29, 0.717) is 29.1 Å². The first-order valence-electron chi connectivity index (χ1n) is 11.9. The number of Topliss-reactive ketones (excluding diaryl/α,β-unsaturated/α-hetero) is 1. The molecule has 0 bridgehead atoms. The molecule has 3 aromatic rings. The molecule has 0 fully saturated rings. The van der Waals surface area contributed by atoms with Crippen LogP contribution < -0.4 is 14.5 Å². The normalized spacial score (nSPS) is 16.3. The third-order valence-electron chi connectivity index (χ3n) is 6.65. The van der Waals surface area contributed by atoms with Crippen LogP contribution in [0.2, 0.25) is 0 Å². The summed E-state index contributed by atoms with van der Waals surface area (Å²) in [5.74, 6) is -0.161. The fourth-order valence-corrected chi connectivity index (χ4v) is 4.73. The number of ether oxygens (including phenoxy) is 1. The lowest BCUT2D eigenvalue weighted by molar-refractivity contribution is -0.132. The van der Waals surface area contributed by atoms with Crippen LogP contribution in [-0.4, -0.2) is 36.3 Å². The second kappa shape index (κ2) is 8.69. The third-order valence-corrected chi connectivity index (χ3v) is 6.65. The minimum atomic E-state index is -1.13. The predicted octanol–water partition coefficient (Wildman–Crippen LogP) is 4.97. The van der Waals surface area contributed by atoms with Crippen molar-refractivity contribution in [2.24, 2.45) is 0 Å². The molecule has 0 saturated carbocycles. The van der Waals surface area contributed by atoms with E-state index in [1.54, 1.807) is 49.1 Å². The van der Waals surface area contributed by atoms with E-state index < -0.39 is 5.60 Å². The maximum atomic E-state index is 13.6. The lowest BCUT2D eigenvalue weighted by Gasteiger charge is -2.39. The highest BCUT2D eigenvalue weighted by molar-refractivity contribution is 6.12. The number of anilines is 2. The summed E-state index contributed by atoms with van der Waals surface area (Å²) in [7, 11) is 0. The average molecular weight is 469 g/mol. The minimum absolute atomic E-state index is 0.133. The molecule has 0 spiro atoms. The van der Waals surface area contributed by atoms with Crippen LogP contribution in [0.4, 0.5) is 11.4 Å². The van der Waals surface area contributed by atoms with Gasteiger partial charge in [0.1, 0.15) is 5.75 Å². The number of amides is 2. The van der Waals surface area contributed by atoms with E-state index in [0.717, 1.165) is 29.7 Å². The van der Waals surface area contributed by atoms with Gasteiger partial charge in [-0.15, -0.1) is 0 Å². The van der Waals surface area contributed by atoms with E-state index in [2.05, 4.69) is 6.07 Å². The summed E-state index contributed by atoms with van der Waals surface area (Å²) >= 11 is 0. The number of carbonyl (C=O) groups is 3. The van der Waals surface area contributed by atoms with Crippen LogP contribution in [0.5, 0.6) is 5.75 Å². The number of para-hydroxylation sites is 1. The molecule has 0 N–H and O–H groups in total. The smallest absolute Gasteiger partial charge is 0.271 e. The molecule has 2 heterocycles. The van der Waals surface area contributed by atoms with Crippen molar-refractivity contribution in [1.82, 2.24) is 0 Å². The molecule has 0 aromatic heterocycles. The molecule has 3 aromatic carbocycles. The molecule has 0 saturated heterocycles. The standard InChI is InChI=1S/C29H28N2O4/c1-19-10-12-21(13-11-19)25(32)18-31-24-17-22(14-15-26(24)35-29(2,3)28(31)34)27(33)30-16-6-8-20-7-4-5-9-23(20)30/h4-5,7,9-15,17H,6,8,16,18H2,1-3H3. The molecule has 0 aliphatic carbocycles. The van der Waals surface area contributed by atoms with Crippen molar-refractivity contribution >= 4 is 29.0 Å². The van der Waals surface area contributed by atoms with Crippen LogP contribution in [0, 0.1) is 6.92 Å². The van der Waals surface area contributed by atoms with Crippen molar-refractivity contribution in [3.05, 3.63) is 89.0 Å². The molecule has 0 atom stereocenters. The number of rotatable bonds is 4. The molecule has 6 heteroatoms. The number of fused-ring (bicyclic) bond motifs is 2. The van der Waals surface area contributed by atoms with Crippen molar-refractivity contribution in [2.75, 3.05) is 22.9 Å². The second-order valence-electron chi connectivity index (χ2n) is 9.66. The monoisotopic (exact) mass is 468 g/mol. The number of aryl methyl sites for hydroxylation is 2. The Balaban J connectivity index is 1.50. The van der Waals surface area contributed by atoms with Gasteiger partial charge in [-0.1, -0.05) is 48.0 Å². The van der Waals surface area contributed by atoms with Crippen LogP contribution >= 0.6 is 0 Å². The number of carbonyl (C=O) groups excluding carboxylic acids is 3. The molecular weight excluding hydrogens is 440 g/mol. The number of hydrogen-bond donors (Lipinski definition) is 0. The van der Waals surface area contributed by atoms with Crippen molar-refractivity contribution < 1.29 is 19.1 Å². The van der Waals surface area contributed by atoms with Gasteiger partial charge in [0.05, 0.1) is 12.2 Å². The summed E-state index contributed by atoms with van der Waals surface area (Å²) in [6, 6.07) is 20.3. The Morgan fingerprint density at radius 2 is 1.66 bits per heavy atom. The fraction of sp³-hybridized carbons (Fsp3) is 0.276. The van der Waals surface area contributed by atoms with Gasteiger partial charge in [0.25, 0.3) is 11.8 Å². The van der Waals surface area contributed by atoms with E-state index in [4.69, 9.17) is 4.74 Å². The summed E-state index contributed by atoms with van der Waals surface area (Å²) in [5.41, 5.74) is 3.41. The summed E-state index contributed by atoms with van der Waals surface area (Å²) in [6.45, 7) is 5.82. The third kappa shape index (κ3) is 4.20. The number of hydrogen-bond acceptors (Lipinski definition) is 4. The highest BCUT2D eigenvalue weighted by atomic mass is 16.5. The van der Waals surface area contributed by atoms with Gasteiger partial charge in [-0.25, -0.2) is 0 Å². The highest BCUT2D eigenvalue weighted by Gasteiger charge is 2.42. The Hall–Kier alpha value is -3.93. The zero-order valence-corrected chi connectivity index (χ0v) is 20.2. The lowest BCUT2D eigenvalue weighted by Crippen LogP contribution is -2.54. The summed E-state index contributed by atoms with van der Waals surface area (Å²) in [6.07, 6.45) is 1.83. The van der Waals surface area contributed by atoms with E-state index in [1.165, 1.54) is 4.90 Å². The van der Waals surface area contributed by atoms with Gasteiger partial charge >= 0.3 is 0 Å². The number of nitrogens with zero attached hydrogens (tertiary/aromatic N) is 2. The van der Waals surface area contributed by atoms with E-state index in [9.17, 15) is 14.4 Å². The second-order valence-corrected chi connectivity index (χ2v) is 9.66. The molecule has 6 nitrogen and oxygen atoms in total. The minimum Gasteiger partial charge on any atom is -0.476 e. The fourth-order valence-electron chi connectivity index (χ4n) is 4.73. The highest BCUT2D eigenvalue weighted by Crippen LogP contribution is 2.39. The van der Waals surface area contributed by atoms with Crippen molar-refractivity contribution in [2.45, 2.75) is 39.2 Å². The van der Waals surface area contributed by atoms with Gasteiger partial charge in [-0.05, 0) is 63.4 Å². The molecule has 2 aliphatic heterocycles. The Morgan fingerprint density at radius 3 is 2.43 bits per heavy atom. The molecule has 5 rings (SSSR count). The molecule has 35 heavy (non-hydrogen) atoms. The maximum Gasteiger partial charge on any atom is 0.271 e. The topological polar surface area (TPSA) is 66.9 Å². The largest absolute Gasteiger partial charge is 0.476 e. The molecule has 0 radical (unpaired) electrons. The van der Waals surface area contributed by atoms with Crippen LogP contribution in [-0.2, 0) is 11.2 Å². The van der Waals surface area contributed by atoms with Gasteiger partial charge in [0, 0.05) is 23.4 Å². The van der Waals surface area contributed by atoms with Gasteiger partial charge in [-0.2, -0.15) is 0 Å². The van der Waals surface area contributed by atoms with Gasteiger partial charge in [0.2, 0.25) is 0 Å². The Kier molecular flexibility index (Phi) is 5.67. The van der Waals surface area contributed by atoms with Gasteiger partial charge in [0.15, 0.2) is 11.4 Å². The van der Waals surface area contributed by atoms with Crippen LogP contribution in [0.15, 0.2) is 66.7 Å². The SMILES string of the molecule is Cc1ccc(C(=O)CN2C(=O)C(C)(C)Oc3ccc(C(=O)N4CCCc5ccccc54)cc32)cc1. The molecule has 0 unspecified atom stereocenters. The molecule has 2 aliphatic rings. The molecular formula is C29H28N2O4. The van der Waals surface area contributed by atoms with Crippen molar-refractivity contribution in [3.63, 3.8) is 0 Å². The van der Waals surface area contributed by atoms with Crippen molar-refractivity contribution in [1.29, 1.82) is 0 Å². The summed E-state index contributed by atoms with van der Waals surface area (Å²) < 4.78 is 5.97. The first-order chi connectivity index (χ1) is 16.7. The Morgan fingerprint density at radius 1 is 0.943 bits per heavy atom. The summed E-state index contributed by atoms with van der Waals surface area (Å²) in [5, 5.41) is 0. The zero-order valence-electron chi connectivity index (χ0n) is 20.2. The van der Waals surface area contributed by atoms with Gasteiger partial charge < -0.3 is 9.64 Å². The Labute approximate surface area is 205 Å². The number of ketones is 1. The number of benzene rings is 3. The maximum absolute atomic E-state index is 13.6. The van der Waals surface area contributed by atoms with E-state index in [1.807, 2.05) is 37.3 Å². The first-order valence-corrected chi connectivity index (χ1v) is 11.9. The van der Waals surface area contributed by atoms with Crippen molar-refractivity contribution in [3.8, 4) is 5.75 Å². The zero-order chi connectivity index (χ0) is 24.7. The van der Waals surface area contributed by atoms with Crippen LogP contribution in [0.3, 0.4) is 0 Å². The van der Waals surface area contributed by atoms with E-state index in [-0.39, 0.29) is 24.1 Å². The quantitative estimate of drug-likeness (QED) is 0.507. The average Bonchev–Trinajstić information content (AvgIpc) is 2.86. The molecule has 2 amide bonds. The van der Waals surface area contributed by atoms with Crippen LogP contribution in [0.25, 0.3) is 0 Å². The van der Waals surface area contributed by atoms with Crippen LogP contribution in [0.1, 0.15) is 52.1 Å². The van der Waals surface area contributed by atoms with E-state index >= 15 is 0 Å². The molecule has 178 valence electrons. The van der Waals surface area contributed by atoms with Gasteiger partial charge in [-0.3, -0.25) is 19.3 Å². The summed E-state index contributed by atoms with van der Waals surface area (Å²) in [4.78, 5) is 43.2. The Bertz CT molecular complexity index is 1330. The lowest BCUT2D eigenvalue weighted by atomic mass is 9.99. The first kappa shape index (κ1) is 22.8. The predicted molar refractivity (Wildman–Crippen MR) is 135 cm³/mol.